The zero-order chi connectivity index (χ0) is 24.5. The predicted molar refractivity (Wildman–Crippen MR) is 129 cm³/mol. The number of hydrogen-bond acceptors (Lipinski definition) is 6. The normalized spacial score (nSPS) is 13.4. The zero-order valence-electron chi connectivity index (χ0n) is 20.5. The van der Waals surface area contributed by atoms with Crippen LogP contribution in [0.5, 0.6) is 23.0 Å². The van der Waals surface area contributed by atoms with Crippen LogP contribution < -0.4 is 18.9 Å². The van der Waals surface area contributed by atoms with Crippen LogP contribution in [-0.4, -0.2) is 74.2 Å². The van der Waals surface area contributed by atoms with Gasteiger partial charge in [0.05, 0.1) is 13.2 Å². The summed E-state index contributed by atoms with van der Waals surface area (Å²) < 4.78 is 22.7. The summed E-state index contributed by atoms with van der Waals surface area (Å²) in [6.45, 7) is 10.5. The second-order valence-electron chi connectivity index (χ2n) is 8.11. The molecule has 0 unspecified atom stereocenters. The number of amides is 2. The summed E-state index contributed by atoms with van der Waals surface area (Å²) in [5.74, 6) is 2.13. The minimum Gasteiger partial charge on any atom is -0.490 e. The quantitative estimate of drug-likeness (QED) is 0.531. The Morgan fingerprint density at radius 1 is 0.647 bits per heavy atom. The van der Waals surface area contributed by atoms with Crippen molar-refractivity contribution in [3.8, 4) is 23.0 Å². The van der Waals surface area contributed by atoms with Gasteiger partial charge in [0, 0.05) is 26.2 Å². The highest BCUT2D eigenvalue weighted by Gasteiger charge is 2.25. The van der Waals surface area contributed by atoms with Crippen molar-refractivity contribution >= 4 is 11.8 Å². The molecule has 1 heterocycles. The molecule has 0 atom stereocenters. The molecule has 1 aliphatic heterocycles. The van der Waals surface area contributed by atoms with E-state index < -0.39 is 0 Å². The van der Waals surface area contributed by atoms with Gasteiger partial charge in [0.2, 0.25) is 0 Å². The summed E-state index contributed by atoms with van der Waals surface area (Å²) in [4.78, 5) is 28.7. The van der Waals surface area contributed by atoms with Gasteiger partial charge in [-0.05, 0) is 63.1 Å². The first-order valence-corrected chi connectivity index (χ1v) is 11.7. The van der Waals surface area contributed by atoms with Crippen LogP contribution in [0.3, 0.4) is 0 Å². The number of carbonyl (C=O) groups excluding carboxylic acids is 2. The van der Waals surface area contributed by atoms with E-state index in [1.165, 1.54) is 0 Å². The van der Waals surface area contributed by atoms with Crippen molar-refractivity contribution in [3.63, 3.8) is 0 Å². The fourth-order valence-corrected chi connectivity index (χ4v) is 3.67. The summed E-state index contributed by atoms with van der Waals surface area (Å²) in [5.41, 5.74) is 2.12. The molecule has 2 aromatic carbocycles. The maximum Gasteiger partial charge on any atom is 0.260 e. The molecule has 0 radical (unpaired) electrons. The van der Waals surface area contributed by atoms with Gasteiger partial charge in [-0.1, -0.05) is 12.1 Å². The topological polar surface area (TPSA) is 77.5 Å². The number of aryl methyl sites for hydroxylation is 2. The maximum absolute atomic E-state index is 12.6. The minimum atomic E-state index is -0.118. The first kappa shape index (κ1) is 25.2. The van der Waals surface area contributed by atoms with Crippen LogP contribution in [0.4, 0.5) is 0 Å². The largest absolute Gasteiger partial charge is 0.490 e. The first-order valence-electron chi connectivity index (χ1n) is 11.7. The fourth-order valence-electron chi connectivity index (χ4n) is 3.67. The van der Waals surface area contributed by atoms with E-state index in [9.17, 15) is 9.59 Å². The van der Waals surface area contributed by atoms with Crippen molar-refractivity contribution in [2.75, 3.05) is 52.6 Å². The molecule has 1 saturated heterocycles. The summed E-state index contributed by atoms with van der Waals surface area (Å²) >= 11 is 0. The van der Waals surface area contributed by atoms with Gasteiger partial charge in [-0.15, -0.1) is 0 Å². The molecule has 0 spiro atoms. The molecule has 1 fully saturated rings. The van der Waals surface area contributed by atoms with Crippen molar-refractivity contribution in [2.45, 2.75) is 27.7 Å². The van der Waals surface area contributed by atoms with Gasteiger partial charge in [0.15, 0.2) is 36.2 Å². The van der Waals surface area contributed by atoms with Crippen LogP contribution in [0.1, 0.15) is 25.0 Å². The third-order valence-corrected chi connectivity index (χ3v) is 5.49. The molecule has 184 valence electrons. The second kappa shape index (κ2) is 12.2. The van der Waals surface area contributed by atoms with Gasteiger partial charge in [0.25, 0.3) is 11.8 Å². The average molecular weight is 471 g/mol. The van der Waals surface area contributed by atoms with Crippen molar-refractivity contribution in [2.24, 2.45) is 0 Å². The molecule has 8 nitrogen and oxygen atoms in total. The Hall–Kier alpha value is -3.42. The highest BCUT2D eigenvalue weighted by molar-refractivity contribution is 5.80. The van der Waals surface area contributed by atoms with Crippen LogP contribution in [-0.2, 0) is 9.59 Å². The first-order chi connectivity index (χ1) is 16.4. The summed E-state index contributed by atoms with van der Waals surface area (Å²) in [5, 5.41) is 0. The van der Waals surface area contributed by atoms with Crippen LogP contribution in [0.25, 0.3) is 0 Å². The van der Waals surface area contributed by atoms with E-state index in [1.54, 1.807) is 9.80 Å². The van der Waals surface area contributed by atoms with Crippen molar-refractivity contribution in [3.05, 3.63) is 47.5 Å². The molecule has 34 heavy (non-hydrogen) atoms. The van der Waals surface area contributed by atoms with Gasteiger partial charge in [-0.3, -0.25) is 9.59 Å². The van der Waals surface area contributed by atoms with E-state index in [-0.39, 0.29) is 25.0 Å². The summed E-state index contributed by atoms with van der Waals surface area (Å²) in [6, 6.07) is 11.3. The third-order valence-electron chi connectivity index (χ3n) is 5.49. The molecule has 0 N–H and O–H groups in total. The molecule has 0 bridgehead atoms. The Morgan fingerprint density at radius 3 is 1.38 bits per heavy atom. The molecular weight excluding hydrogens is 436 g/mol. The number of piperazine rings is 1. The maximum atomic E-state index is 12.6. The Labute approximate surface area is 201 Å². The monoisotopic (exact) mass is 470 g/mol. The van der Waals surface area contributed by atoms with Crippen LogP contribution in [0, 0.1) is 13.8 Å². The molecule has 1 aliphatic rings. The average Bonchev–Trinajstić information content (AvgIpc) is 2.83. The number of rotatable bonds is 10. The Balaban J connectivity index is 1.46. The lowest BCUT2D eigenvalue weighted by atomic mass is 10.2. The predicted octanol–water partition coefficient (Wildman–Crippen LogP) is 3.23. The summed E-state index contributed by atoms with van der Waals surface area (Å²) in [6.07, 6.45) is 0. The van der Waals surface area contributed by atoms with Gasteiger partial charge < -0.3 is 28.7 Å². The Morgan fingerprint density at radius 2 is 1.03 bits per heavy atom. The lowest BCUT2D eigenvalue weighted by molar-refractivity contribution is -0.141. The number of benzene rings is 2. The zero-order valence-corrected chi connectivity index (χ0v) is 20.5. The van der Waals surface area contributed by atoms with E-state index in [4.69, 9.17) is 18.9 Å². The molecule has 8 heteroatoms. The van der Waals surface area contributed by atoms with Crippen LogP contribution in [0.2, 0.25) is 0 Å². The van der Waals surface area contributed by atoms with E-state index in [0.29, 0.717) is 62.4 Å². The Kier molecular flexibility index (Phi) is 9.01. The molecule has 0 saturated carbocycles. The van der Waals surface area contributed by atoms with E-state index in [0.717, 1.165) is 11.1 Å². The molecule has 2 amide bonds. The van der Waals surface area contributed by atoms with Crippen molar-refractivity contribution in [1.29, 1.82) is 0 Å². The molecule has 0 aromatic heterocycles. The molecule has 3 rings (SSSR count). The lowest BCUT2D eigenvalue weighted by Crippen LogP contribution is -2.52. The second-order valence-corrected chi connectivity index (χ2v) is 8.11. The highest BCUT2D eigenvalue weighted by atomic mass is 16.5. The standard InChI is InChI=1S/C26H34N2O6/c1-5-31-23-15-19(3)7-9-21(23)33-17-25(29)27-11-13-28(14-12-27)26(30)18-34-22-10-8-20(4)16-24(22)32-6-2/h7-10,15-16H,5-6,11-14,17-18H2,1-4H3. The van der Waals surface area contributed by atoms with E-state index in [2.05, 4.69) is 0 Å². The fraction of sp³-hybridized carbons (Fsp3) is 0.462. The number of ether oxygens (including phenoxy) is 4. The highest BCUT2D eigenvalue weighted by Crippen LogP contribution is 2.29. The minimum absolute atomic E-state index is 0.0756. The number of hydrogen-bond donors (Lipinski definition) is 0. The number of carbonyl (C=O) groups is 2. The van der Waals surface area contributed by atoms with Gasteiger partial charge >= 0.3 is 0 Å². The van der Waals surface area contributed by atoms with E-state index in [1.807, 2.05) is 64.1 Å². The van der Waals surface area contributed by atoms with Crippen LogP contribution in [0.15, 0.2) is 36.4 Å². The summed E-state index contributed by atoms with van der Waals surface area (Å²) in [7, 11) is 0. The van der Waals surface area contributed by atoms with Gasteiger partial charge in [-0.2, -0.15) is 0 Å². The van der Waals surface area contributed by atoms with E-state index >= 15 is 0 Å². The van der Waals surface area contributed by atoms with Gasteiger partial charge in [-0.25, -0.2) is 0 Å². The van der Waals surface area contributed by atoms with Gasteiger partial charge in [0.1, 0.15) is 0 Å². The lowest BCUT2D eigenvalue weighted by Gasteiger charge is -2.34. The smallest absolute Gasteiger partial charge is 0.260 e. The third kappa shape index (κ3) is 6.79. The molecule has 2 aromatic rings. The van der Waals surface area contributed by atoms with Crippen molar-refractivity contribution < 1.29 is 28.5 Å². The van der Waals surface area contributed by atoms with Crippen molar-refractivity contribution in [1.82, 2.24) is 9.80 Å². The Bertz CT molecular complexity index is 906. The molecule has 0 aliphatic carbocycles. The number of nitrogens with zero attached hydrogens (tertiary/aromatic N) is 2. The SMILES string of the molecule is CCOc1cc(C)ccc1OCC(=O)N1CCN(C(=O)COc2ccc(C)cc2OCC)CC1. The molecular formula is C26H34N2O6. The van der Waals surface area contributed by atoms with Crippen LogP contribution >= 0.6 is 0 Å².